The zero-order valence-corrected chi connectivity index (χ0v) is 9.92. The van der Waals surface area contributed by atoms with Crippen molar-refractivity contribution < 1.29 is 4.74 Å². The average Bonchev–Trinajstić information content (AvgIpc) is 2.82. The van der Waals surface area contributed by atoms with Crippen LogP contribution in [-0.2, 0) is 0 Å². The molecule has 1 atom stereocenters. The largest absolute Gasteiger partial charge is 0.496 e. The maximum absolute atomic E-state index is 5.63. The van der Waals surface area contributed by atoms with Gasteiger partial charge in [0, 0.05) is 24.5 Å². The fourth-order valence-corrected chi connectivity index (χ4v) is 2.25. The fourth-order valence-electron chi connectivity index (χ4n) is 2.25. The molecular weight excluding hydrogens is 230 g/mol. The third kappa shape index (κ3) is 1.62. The van der Waals surface area contributed by atoms with Gasteiger partial charge in [0.05, 0.1) is 18.7 Å². The Morgan fingerprint density at radius 1 is 1.33 bits per heavy atom. The Bertz CT molecular complexity index is 586. The Morgan fingerprint density at radius 2 is 2.17 bits per heavy atom. The third-order valence-electron chi connectivity index (χ3n) is 3.04. The van der Waals surface area contributed by atoms with Crippen molar-refractivity contribution in [2.24, 2.45) is 0 Å². The molecule has 0 amide bonds. The topological polar surface area (TPSA) is 86.0 Å². The van der Waals surface area contributed by atoms with Crippen LogP contribution in [0.5, 0.6) is 5.75 Å². The molecule has 0 radical (unpaired) electrons. The van der Waals surface area contributed by atoms with E-state index in [0.29, 0.717) is 0 Å². The van der Waals surface area contributed by atoms with Gasteiger partial charge in [-0.3, -0.25) is 0 Å². The SMILES string of the molecule is COc1ccnc2c1[C@@H](c1ccnc(N)n1)CN2. The van der Waals surface area contributed by atoms with Crippen molar-refractivity contribution in [2.75, 3.05) is 24.7 Å². The number of ether oxygens (including phenoxy) is 1. The van der Waals surface area contributed by atoms with Crippen molar-refractivity contribution >= 4 is 11.8 Å². The summed E-state index contributed by atoms with van der Waals surface area (Å²) in [5, 5.41) is 3.25. The summed E-state index contributed by atoms with van der Waals surface area (Å²) in [4.78, 5) is 12.5. The highest BCUT2D eigenvalue weighted by molar-refractivity contribution is 5.61. The van der Waals surface area contributed by atoms with Gasteiger partial charge in [0.15, 0.2) is 0 Å². The highest BCUT2D eigenvalue weighted by atomic mass is 16.5. The average molecular weight is 243 g/mol. The summed E-state index contributed by atoms with van der Waals surface area (Å²) in [7, 11) is 1.65. The molecular formula is C12H13N5O. The number of nitrogens with zero attached hydrogens (tertiary/aromatic N) is 3. The summed E-state index contributed by atoms with van der Waals surface area (Å²) in [6.45, 7) is 0.735. The van der Waals surface area contributed by atoms with Crippen LogP contribution in [-0.4, -0.2) is 28.6 Å². The second-order valence-electron chi connectivity index (χ2n) is 4.05. The summed E-state index contributed by atoms with van der Waals surface area (Å²) in [5.41, 5.74) is 7.53. The van der Waals surface area contributed by atoms with Gasteiger partial charge >= 0.3 is 0 Å². The molecule has 0 aliphatic carbocycles. The minimum atomic E-state index is 0.0916. The Morgan fingerprint density at radius 3 is 2.94 bits per heavy atom. The number of pyridine rings is 1. The molecule has 0 fully saturated rings. The molecule has 0 saturated carbocycles. The molecule has 0 aromatic carbocycles. The predicted molar refractivity (Wildman–Crippen MR) is 67.6 cm³/mol. The minimum Gasteiger partial charge on any atom is -0.496 e. The number of hydrogen-bond acceptors (Lipinski definition) is 6. The van der Waals surface area contributed by atoms with Crippen LogP contribution in [0.15, 0.2) is 24.5 Å². The highest BCUT2D eigenvalue weighted by Crippen LogP contribution is 2.39. The van der Waals surface area contributed by atoms with Crippen LogP contribution in [0.4, 0.5) is 11.8 Å². The smallest absolute Gasteiger partial charge is 0.220 e. The highest BCUT2D eigenvalue weighted by Gasteiger charge is 2.29. The van der Waals surface area contributed by atoms with Crippen molar-refractivity contribution in [3.63, 3.8) is 0 Å². The van der Waals surface area contributed by atoms with Crippen LogP contribution in [0.2, 0.25) is 0 Å². The molecule has 6 heteroatoms. The van der Waals surface area contributed by atoms with Gasteiger partial charge in [0.2, 0.25) is 5.95 Å². The second-order valence-corrected chi connectivity index (χ2v) is 4.05. The number of fused-ring (bicyclic) bond motifs is 1. The number of methoxy groups -OCH3 is 1. The van der Waals surface area contributed by atoms with E-state index in [-0.39, 0.29) is 11.9 Å². The maximum atomic E-state index is 5.63. The zero-order chi connectivity index (χ0) is 12.5. The van der Waals surface area contributed by atoms with Crippen molar-refractivity contribution in [1.29, 1.82) is 0 Å². The predicted octanol–water partition coefficient (Wildman–Crippen LogP) is 1.02. The number of anilines is 2. The monoisotopic (exact) mass is 243 g/mol. The third-order valence-corrected chi connectivity index (χ3v) is 3.04. The molecule has 3 rings (SSSR count). The molecule has 3 heterocycles. The van der Waals surface area contributed by atoms with Gasteiger partial charge in [-0.15, -0.1) is 0 Å². The standard InChI is InChI=1S/C12H13N5O/c1-18-9-3-5-14-11-10(9)7(6-16-11)8-2-4-15-12(13)17-8/h2-5,7H,6H2,1H3,(H,14,16)(H2,13,15,17)/t7-/m1/s1. The molecule has 92 valence electrons. The van der Waals surface area contributed by atoms with Crippen LogP contribution < -0.4 is 15.8 Å². The summed E-state index contributed by atoms with van der Waals surface area (Å²) in [5.74, 6) is 2.03. The lowest BCUT2D eigenvalue weighted by Gasteiger charge is -2.12. The van der Waals surface area contributed by atoms with Crippen molar-refractivity contribution in [1.82, 2.24) is 15.0 Å². The van der Waals surface area contributed by atoms with Gasteiger partial charge < -0.3 is 15.8 Å². The molecule has 18 heavy (non-hydrogen) atoms. The first kappa shape index (κ1) is 10.8. The molecule has 6 nitrogen and oxygen atoms in total. The molecule has 0 saturated heterocycles. The van der Waals surface area contributed by atoms with Gasteiger partial charge in [-0.1, -0.05) is 0 Å². The Hall–Kier alpha value is -2.37. The van der Waals surface area contributed by atoms with Gasteiger partial charge in [0.25, 0.3) is 0 Å². The van der Waals surface area contributed by atoms with E-state index in [4.69, 9.17) is 10.5 Å². The summed E-state index contributed by atoms with van der Waals surface area (Å²) >= 11 is 0. The molecule has 3 N–H and O–H groups in total. The van der Waals surface area contributed by atoms with E-state index >= 15 is 0 Å². The van der Waals surface area contributed by atoms with E-state index in [2.05, 4.69) is 20.3 Å². The van der Waals surface area contributed by atoms with Crippen LogP contribution >= 0.6 is 0 Å². The summed E-state index contributed by atoms with van der Waals surface area (Å²) in [6, 6.07) is 3.72. The summed E-state index contributed by atoms with van der Waals surface area (Å²) in [6.07, 6.45) is 3.39. The molecule has 0 bridgehead atoms. The lowest BCUT2D eigenvalue weighted by Crippen LogP contribution is -2.08. The minimum absolute atomic E-state index is 0.0916. The molecule has 2 aromatic rings. The van der Waals surface area contributed by atoms with Gasteiger partial charge in [0.1, 0.15) is 11.6 Å². The van der Waals surface area contributed by atoms with Gasteiger partial charge in [-0.05, 0) is 12.1 Å². The Kier molecular flexibility index (Phi) is 2.47. The molecule has 2 aromatic heterocycles. The van der Waals surface area contributed by atoms with Crippen molar-refractivity contribution in [3.8, 4) is 5.75 Å². The first-order valence-electron chi connectivity index (χ1n) is 5.65. The maximum Gasteiger partial charge on any atom is 0.220 e. The first-order chi connectivity index (χ1) is 8.79. The number of hydrogen-bond donors (Lipinski definition) is 2. The number of rotatable bonds is 2. The van der Waals surface area contributed by atoms with E-state index in [1.807, 2.05) is 12.1 Å². The quantitative estimate of drug-likeness (QED) is 0.819. The normalized spacial score (nSPS) is 17.1. The molecule has 1 aliphatic heterocycles. The van der Waals surface area contributed by atoms with Gasteiger partial charge in [-0.2, -0.15) is 0 Å². The number of nitrogen functional groups attached to an aromatic ring is 1. The number of nitrogens with one attached hydrogen (secondary N) is 1. The van der Waals surface area contributed by atoms with Crippen LogP contribution in [0.1, 0.15) is 17.2 Å². The zero-order valence-electron chi connectivity index (χ0n) is 9.92. The lowest BCUT2D eigenvalue weighted by atomic mass is 9.98. The Labute approximate surface area is 104 Å². The van der Waals surface area contributed by atoms with Gasteiger partial charge in [-0.25, -0.2) is 15.0 Å². The van der Waals surface area contributed by atoms with Crippen molar-refractivity contribution in [2.45, 2.75) is 5.92 Å². The summed E-state index contributed by atoms with van der Waals surface area (Å²) < 4.78 is 5.38. The van der Waals surface area contributed by atoms with E-state index in [1.54, 1.807) is 19.5 Å². The Balaban J connectivity index is 2.09. The van der Waals surface area contributed by atoms with E-state index < -0.39 is 0 Å². The van der Waals surface area contributed by atoms with Crippen LogP contribution in [0.25, 0.3) is 0 Å². The number of nitrogens with two attached hydrogens (primary N) is 1. The molecule has 1 aliphatic rings. The van der Waals surface area contributed by atoms with Crippen LogP contribution in [0, 0.1) is 0 Å². The lowest BCUT2D eigenvalue weighted by molar-refractivity contribution is 0.409. The van der Waals surface area contributed by atoms with Crippen LogP contribution in [0.3, 0.4) is 0 Å². The van der Waals surface area contributed by atoms with E-state index in [0.717, 1.165) is 29.4 Å². The first-order valence-corrected chi connectivity index (χ1v) is 5.65. The number of aromatic nitrogens is 3. The fraction of sp³-hybridized carbons (Fsp3) is 0.250. The molecule has 0 spiro atoms. The van der Waals surface area contributed by atoms with E-state index in [1.165, 1.54) is 0 Å². The second kappa shape index (κ2) is 4.14. The molecule has 0 unspecified atom stereocenters. The van der Waals surface area contributed by atoms with E-state index in [9.17, 15) is 0 Å². The van der Waals surface area contributed by atoms with Crippen molar-refractivity contribution in [3.05, 3.63) is 35.8 Å².